The van der Waals surface area contributed by atoms with E-state index in [0.717, 1.165) is 60.7 Å². The van der Waals surface area contributed by atoms with Crippen LogP contribution in [0.1, 0.15) is 74.7 Å². The van der Waals surface area contributed by atoms with Crippen molar-refractivity contribution < 1.29 is 90.1 Å². The van der Waals surface area contributed by atoms with E-state index in [9.17, 15) is 76.3 Å². The van der Waals surface area contributed by atoms with Crippen molar-refractivity contribution in [3.63, 3.8) is 0 Å². The minimum atomic E-state index is -1.93. The third kappa shape index (κ3) is 6.66. The van der Waals surface area contributed by atoms with Crippen LogP contribution < -0.4 is 19.8 Å². The van der Waals surface area contributed by atoms with Crippen LogP contribution in [0.4, 0.5) is 0 Å². The maximum Gasteiger partial charge on any atom is 0.336 e. The molecule has 0 saturated carbocycles. The van der Waals surface area contributed by atoms with Crippen LogP contribution in [-0.2, 0) is 6.42 Å². The molecule has 3 aliphatic rings. The first-order chi connectivity index (χ1) is 31.9. The van der Waals surface area contributed by atoms with E-state index in [1.54, 1.807) is 0 Å². The third-order valence-electron chi connectivity index (χ3n) is 12.6. The van der Waals surface area contributed by atoms with E-state index in [-0.39, 0.29) is 73.4 Å². The first kappa shape index (κ1) is 42.6. The van der Waals surface area contributed by atoms with E-state index in [0.29, 0.717) is 0 Å². The van der Waals surface area contributed by atoms with E-state index in [1.807, 2.05) is 0 Å². The molecule has 4 heterocycles. The van der Waals surface area contributed by atoms with Gasteiger partial charge in [-0.05, 0) is 59.2 Å². The number of fused-ring (bicyclic) bond motifs is 5. The Morgan fingerprint density at radius 2 is 0.821 bits per heavy atom. The van der Waals surface area contributed by atoms with Crippen LogP contribution in [0, 0.1) is 0 Å². The molecule has 0 bridgehead atoms. The molecule has 19 nitrogen and oxygen atoms in total. The number of benzene rings is 6. The van der Waals surface area contributed by atoms with Gasteiger partial charge in [0, 0.05) is 58.5 Å². The molecular weight excluding hydrogens is 881 g/mol. The zero-order valence-corrected chi connectivity index (χ0v) is 34.2. The highest BCUT2D eigenvalue weighted by Crippen LogP contribution is 2.62. The summed E-state index contributed by atoms with van der Waals surface area (Å²) in [6, 6.07) is 15.8. The number of rotatable bonds is 5. The van der Waals surface area contributed by atoms with Crippen LogP contribution in [0.5, 0.6) is 80.5 Å². The van der Waals surface area contributed by atoms with Crippen molar-refractivity contribution in [1.82, 2.24) is 0 Å². The Bertz CT molecular complexity index is 3250. The average molecular weight is 919 g/mol. The molecule has 0 saturated heterocycles. The fourth-order valence-corrected chi connectivity index (χ4v) is 9.54. The van der Waals surface area contributed by atoms with Crippen molar-refractivity contribution in [2.24, 2.45) is 0 Å². The molecular formula is C48H38O19. The van der Waals surface area contributed by atoms with E-state index in [1.165, 1.54) is 24.3 Å². The summed E-state index contributed by atoms with van der Waals surface area (Å²) in [7, 11) is 0. The number of aromatic hydroxyl groups is 11. The second kappa shape index (κ2) is 15.4. The van der Waals surface area contributed by atoms with Gasteiger partial charge in [-0.1, -0.05) is 18.2 Å². The molecule has 0 unspecified atom stereocenters. The summed E-state index contributed by atoms with van der Waals surface area (Å²) < 4.78 is 24.6. The SMILES string of the molecule is O=c1ccc2c3c(c(O)cc2o1)[C@H](c1c(O)cc(O)c2c1O[C@H](c1ccc(O)c(O)c1)[C@H](O)[C@H]2c1c(O)cc(O)c2c1O[C@H](c1ccc(O)c(O)c1)[C@H](O)C2)[C@@H](O)[C@@H](c1ccc(O)c(O)c1)O3. The largest absolute Gasteiger partial charge is 0.507 e. The van der Waals surface area contributed by atoms with Crippen molar-refractivity contribution in [1.29, 1.82) is 0 Å². The second-order valence-corrected chi connectivity index (χ2v) is 16.6. The summed E-state index contributed by atoms with van der Waals surface area (Å²) in [6.45, 7) is 0. The monoisotopic (exact) mass is 918 g/mol. The Morgan fingerprint density at radius 1 is 0.403 bits per heavy atom. The summed E-state index contributed by atoms with van der Waals surface area (Å²) in [5.41, 5.74) is -2.15. The van der Waals surface area contributed by atoms with Gasteiger partial charge in [0.1, 0.15) is 69.9 Å². The summed E-state index contributed by atoms with van der Waals surface area (Å²) in [5, 5.41) is 158. The van der Waals surface area contributed by atoms with Crippen LogP contribution in [0.3, 0.4) is 0 Å². The van der Waals surface area contributed by atoms with Crippen LogP contribution in [0.2, 0.25) is 0 Å². The second-order valence-electron chi connectivity index (χ2n) is 16.6. The molecule has 3 aliphatic heterocycles. The molecule has 0 fully saturated rings. The highest BCUT2D eigenvalue weighted by molar-refractivity contribution is 5.88. The number of hydrogen-bond donors (Lipinski definition) is 14. The summed E-state index contributed by atoms with van der Waals surface area (Å²) in [4.78, 5) is 12.3. The Kier molecular flexibility index (Phi) is 9.76. The van der Waals surface area contributed by atoms with E-state index < -0.39 is 123 Å². The molecule has 19 heteroatoms. The number of aliphatic hydroxyl groups excluding tert-OH is 3. The predicted molar refractivity (Wildman–Crippen MR) is 229 cm³/mol. The Balaban J connectivity index is 1.26. The van der Waals surface area contributed by atoms with Gasteiger partial charge in [0.05, 0.1) is 23.3 Å². The zero-order chi connectivity index (χ0) is 47.5. The van der Waals surface area contributed by atoms with Crippen molar-refractivity contribution in [2.75, 3.05) is 0 Å². The van der Waals surface area contributed by atoms with Gasteiger partial charge in [-0.25, -0.2) is 4.79 Å². The molecule has 0 spiro atoms. The first-order valence-electron chi connectivity index (χ1n) is 20.5. The van der Waals surface area contributed by atoms with Crippen LogP contribution in [-0.4, -0.2) is 89.8 Å². The molecule has 1 aromatic heterocycles. The molecule has 8 atom stereocenters. The Labute approximate surface area is 375 Å². The lowest BCUT2D eigenvalue weighted by Gasteiger charge is -2.43. The molecule has 14 N–H and O–H groups in total. The van der Waals surface area contributed by atoms with E-state index in [2.05, 4.69) is 0 Å². The van der Waals surface area contributed by atoms with Gasteiger partial charge in [-0.2, -0.15) is 0 Å². The zero-order valence-electron chi connectivity index (χ0n) is 34.2. The quantitative estimate of drug-likeness (QED) is 0.0811. The van der Waals surface area contributed by atoms with Crippen molar-refractivity contribution in [2.45, 2.75) is 54.9 Å². The van der Waals surface area contributed by atoms with Crippen LogP contribution in [0.15, 0.2) is 94.1 Å². The third-order valence-corrected chi connectivity index (χ3v) is 12.6. The van der Waals surface area contributed by atoms with Gasteiger partial charge in [0.15, 0.2) is 46.7 Å². The van der Waals surface area contributed by atoms with Gasteiger partial charge < -0.3 is 90.1 Å². The number of phenols is 11. The number of aliphatic hydroxyl groups is 3. The minimum Gasteiger partial charge on any atom is -0.507 e. The molecule has 67 heavy (non-hydrogen) atoms. The van der Waals surface area contributed by atoms with Gasteiger partial charge in [-0.3, -0.25) is 0 Å². The molecule has 6 aromatic carbocycles. The first-order valence-corrected chi connectivity index (χ1v) is 20.5. The lowest BCUT2D eigenvalue weighted by molar-refractivity contribution is -0.00521. The average Bonchev–Trinajstić information content (AvgIpc) is 3.27. The highest BCUT2D eigenvalue weighted by Gasteiger charge is 2.51. The van der Waals surface area contributed by atoms with Gasteiger partial charge >= 0.3 is 5.63 Å². The number of phenolic OH excluding ortho intramolecular Hbond substituents is 11. The fraction of sp³-hybridized carbons (Fsp3) is 0.188. The fourth-order valence-electron chi connectivity index (χ4n) is 9.54. The number of hydrogen-bond acceptors (Lipinski definition) is 19. The lowest BCUT2D eigenvalue weighted by atomic mass is 9.73. The highest BCUT2D eigenvalue weighted by atomic mass is 16.5. The Hall–Kier alpha value is -8.39. The van der Waals surface area contributed by atoms with Crippen molar-refractivity contribution >= 4 is 11.0 Å². The van der Waals surface area contributed by atoms with Crippen LogP contribution in [0.25, 0.3) is 11.0 Å². The van der Waals surface area contributed by atoms with Gasteiger partial charge in [0.25, 0.3) is 0 Å². The van der Waals surface area contributed by atoms with Crippen molar-refractivity contribution in [3.8, 4) is 80.5 Å². The molecule has 0 aliphatic carbocycles. The predicted octanol–water partition coefficient (Wildman–Crippen LogP) is 4.84. The van der Waals surface area contributed by atoms with Gasteiger partial charge in [0.2, 0.25) is 0 Å². The topological polar surface area (TPSA) is 341 Å². The summed E-state index contributed by atoms with van der Waals surface area (Å²) >= 11 is 0. The number of ether oxygens (including phenoxy) is 3. The molecule has 7 aromatic rings. The smallest absolute Gasteiger partial charge is 0.336 e. The van der Waals surface area contributed by atoms with Crippen LogP contribution >= 0.6 is 0 Å². The molecule has 344 valence electrons. The molecule has 0 radical (unpaired) electrons. The normalized spacial score (nSPS) is 23.0. The maximum atomic E-state index is 12.6. The standard InChI is InChI=1S/C48H38O19/c49-21-5-1-16(9-25(21)53)43-32(60)12-20-24(52)13-28(56)35(47(20)65-43)39-37-29(57)14-30(58)38(48(37)67-45(42(39)63)18-3-7-23(51)27(55)11-18)40-36-31(59)15-33-19(4-8-34(61)64-33)46(36)66-44(41(40)62)17-2-6-22(50)26(54)10-17/h1-11,13-15,32,39-45,49-60,62-63H,12H2/t32-,39+,40-,41-,42-,43-,44-,45-/m1/s1. The summed E-state index contributed by atoms with van der Waals surface area (Å²) in [5.74, 6) is -11.2. The minimum absolute atomic E-state index is 0.0256. The van der Waals surface area contributed by atoms with E-state index >= 15 is 0 Å². The lowest BCUT2D eigenvalue weighted by Crippen LogP contribution is -2.39. The molecule has 0 amide bonds. The van der Waals surface area contributed by atoms with E-state index in [4.69, 9.17) is 18.6 Å². The van der Waals surface area contributed by atoms with Crippen molar-refractivity contribution in [3.05, 3.63) is 140 Å². The maximum absolute atomic E-state index is 12.6. The Morgan fingerprint density at radius 3 is 1.33 bits per heavy atom. The van der Waals surface area contributed by atoms with Gasteiger partial charge in [-0.15, -0.1) is 0 Å². The molecule has 10 rings (SSSR count). The summed E-state index contributed by atoms with van der Waals surface area (Å²) in [6.07, 6.45) is -10.1.